The molecule has 0 bridgehead atoms. The number of halogens is 4. The van der Waals surface area contributed by atoms with E-state index in [4.69, 9.17) is 11.6 Å². The summed E-state index contributed by atoms with van der Waals surface area (Å²) in [6, 6.07) is 1.01. The van der Waals surface area contributed by atoms with E-state index in [1.54, 1.807) is 0 Å². The summed E-state index contributed by atoms with van der Waals surface area (Å²) in [5.41, 5.74) is -0.542. The van der Waals surface area contributed by atoms with Gasteiger partial charge in [-0.2, -0.15) is 13.2 Å². The summed E-state index contributed by atoms with van der Waals surface area (Å²) in [4.78, 5) is 3.58. The van der Waals surface area contributed by atoms with E-state index in [1.165, 1.54) is 0 Å². The highest BCUT2D eigenvalue weighted by atomic mass is 35.5. The third kappa shape index (κ3) is 3.98. The zero-order valence-electron chi connectivity index (χ0n) is 10.2. The molecule has 7 heteroatoms. The number of rotatable bonds is 3. The van der Waals surface area contributed by atoms with Crippen LogP contribution in [0.15, 0.2) is 12.3 Å². The Balaban J connectivity index is 2.02. The van der Waals surface area contributed by atoms with E-state index in [2.05, 4.69) is 15.6 Å². The molecule has 0 aromatic carbocycles. The number of hydrogen-bond donors (Lipinski definition) is 2. The molecule has 3 nitrogen and oxygen atoms in total. The lowest BCUT2D eigenvalue weighted by atomic mass is 9.98. The van der Waals surface area contributed by atoms with Crippen molar-refractivity contribution in [2.75, 3.05) is 25.0 Å². The smallest absolute Gasteiger partial charge is 0.382 e. The molecule has 0 atom stereocenters. The molecule has 1 aromatic rings. The van der Waals surface area contributed by atoms with Crippen LogP contribution >= 0.6 is 11.6 Å². The first-order valence-electron chi connectivity index (χ1n) is 6.14. The molecule has 2 rings (SSSR count). The number of nitrogens with zero attached hydrogens (tertiary/aromatic N) is 1. The molecule has 1 aromatic heterocycles. The third-order valence-electron chi connectivity index (χ3n) is 3.21. The number of pyridine rings is 1. The van der Waals surface area contributed by atoms with Crippen LogP contribution in [0.2, 0.25) is 5.15 Å². The molecule has 106 valence electrons. The Labute approximate surface area is 114 Å². The van der Waals surface area contributed by atoms with Gasteiger partial charge in [0.15, 0.2) is 5.15 Å². The molecular weight excluding hydrogens is 279 g/mol. The molecule has 0 spiro atoms. The highest BCUT2D eigenvalue weighted by Gasteiger charge is 2.31. The highest BCUT2D eigenvalue weighted by molar-refractivity contribution is 6.31. The van der Waals surface area contributed by atoms with Crippen LogP contribution in [0.4, 0.5) is 18.9 Å². The lowest BCUT2D eigenvalue weighted by molar-refractivity contribution is -0.137. The Kier molecular flexibility index (Phi) is 4.52. The summed E-state index contributed by atoms with van der Waals surface area (Å²) in [6.45, 7) is 2.51. The van der Waals surface area contributed by atoms with Crippen LogP contribution in [0.3, 0.4) is 0 Å². The Morgan fingerprint density at radius 2 is 2.05 bits per heavy atom. The number of alkyl halides is 3. The van der Waals surface area contributed by atoms with Crippen molar-refractivity contribution in [2.24, 2.45) is 5.92 Å². The third-order valence-corrected chi connectivity index (χ3v) is 3.51. The maximum atomic E-state index is 12.6. The Hall–Kier alpha value is -1.01. The summed E-state index contributed by atoms with van der Waals surface area (Å²) in [7, 11) is 0. The topological polar surface area (TPSA) is 37.0 Å². The minimum Gasteiger partial charge on any atom is -0.382 e. The normalized spacial score (nSPS) is 17.5. The number of anilines is 1. The van der Waals surface area contributed by atoms with E-state index in [9.17, 15) is 13.2 Å². The van der Waals surface area contributed by atoms with Gasteiger partial charge in [0.2, 0.25) is 0 Å². The number of hydrogen-bond acceptors (Lipinski definition) is 3. The van der Waals surface area contributed by atoms with Crippen molar-refractivity contribution in [1.82, 2.24) is 10.3 Å². The van der Waals surface area contributed by atoms with E-state index >= 15 is 0 Å². The zero-order valence-corrected chi connectivity index (χ0v) is 11.0. The summed E-state index contributed by atoms with van der Waals surface area (Å²) in [5, 5.41) is 6.28. The van der Waals surface area contributed by atoms with Crippen LogP contribution in [-0.4, -0.2) is 24.6 Å². The number of aromatic nitrogens is 1. The second-order valence-electron chi connectivity index (χ2n) is 4.63. The predicted molar refractivity (Wildman–Crippen MR) is 68.3 cm³/mol. The van der Waals surface area contributed by atoms with Crippen molar-refractivity contribution in [3.63, 3.8) is 0 Å². The van der Waals surface area contributed by atoms with Crippen molar-refractivity contribution in [3.05, 3.63) is 23.0 Å². The molecule has 0 saturated carbocycles. The van der Waals surface area contributed by atoms with E-state index in [0.29, 0.717) is 12.5 Å². The van der Waals surface area contributed by atoms with E-state index < -0.39 is 11.7 Å². The lowest BCUT2D eigenvalue weighted by Gasteiger charge is -2.23. The Morgan fingerprint density at radius 3 is 2.68 bits per heavy atom. The average Bonchev–Trinajstić information content (AvgIpc) is 2.37. The van der Waals surface area contributed by atoms with Gasteiger partial charge in [0.05, 0.1) is 11.3 Å². The van der Waals surface area contributed by atoms with Crippen molar-refractivity contribution in [1.29, 1.82) is 0 Å². The predicted octanol–water partition coefficient (Wildman–Crippen LogP) is 3.17. The standard InChI is InChI=1S/C12H15ClF3N3/c13-11-10(5-9(7-19-11)12(14,15)16)18-6-8-1-3-17-4-2-8/h5,7-8,17-18H,1-4,6H2. The molecule has 1 fully saturated rings. The minimum atomic E-state index is -4.40. The highest BCUT2D eigenvalue weighted by Crippen LogP contribution is 2.32. The average molecular weight is 294 g/mol. The fraction of sp³-hybridized carbons (Fsp3) is 0.583. The SMILES string of the molecule is FC(F)(F)c1cnc(Cl)c(NCC2CCNCC2)c1. The van der Waals surface area contributed by atoms with Crippen molar-refractivity contribution >= 4 is 17.3 Å². The first-order valence-corrected chi connectivity index (χ1v) is 6.52. The van der Waals surface area contributed by atoms with Gasteiger partial charge in [-0.05, 0) is 37.9 Å². The van der Waals surface area contributed by atoms with Gasteiger partial charge in [0.1, 0.15) is 0 Å². The molecule has 2 N–H and O–H groups in total. The fourth-order valence-electron chi connectivity index (χ4n) is 2.07. The molecule has 2 heterocycles. The molecular formula is C12H15ClF3N3. The van der Waals surface area contributed by atoms with Gasteiger partial charge in [-0.15, -0.1) is 0 Å². The molecule has 1 aliphatic rings. The molecule has 0 aliphatic carbocycles. The van der Waals surface area contributed by atoms with Gasteiger partial charge in [0.25, 0.3) is 0 Å². The molecule has 19 heavy (non-hydrogen) atoms. The van der Waals surface area contributed by atoms with Crippen LogP contribution in [0.1, 0.15) is 18.4 Å². The largest absolute Gasteiger partial charge is 0.417 e. The second kappa shape index (κ2) is 5.96. The monoisotopic (exact) mass is 293 g/mol. The first kappa shape index (κ1) is 14.4. The Morgan fingerprint density at radius 1 is 1.37 bits per heavy atom. The van der Waals surface area contributed by atoms with Gasteiger partial charge in [0, 0.05) is 12.7 Å². The molecule has 0 unspecified atom stereocenters. The maximum Gasteiger partial charge on any atom is 0.417 e. The fourth-order valence-corrected chi connectivity index (χ4v) is 2.24. The van der Waals surface area contributed by atoms with Crippen molar-refractivity contribution < 1.29 is 13.2 Å². The maximum absolute atomic E-state index is 12.6. The van der Waals surface area contributed by atoms with Crippen LogP contribution in [0.25, 0.3) is 0 Å². The zero-order chi connectivity index (χ0) is 13.9. The van der Waals surface area contributed by atoms with Gasteiger partial charge >= 0.3 is 6.18 Å². The molecule has 0 amide bonds. The molecule has 1 saturated heterocycles. The van der Waals surface area contributed by atoms with Crippen LogP contribution in [0, 0.1) is 5.92 Å². The lowest BCUT2D eigenvalue weighted by Crippen LogP contribution is -2.31. The van der Waals surface area contributed by atoms with Gasteiger partial charge in [-0.25, -0.2) is 4.98 Å². The summed E-state index contributed by atoms with van der Waals surface area (Å²) in [5.74, 6) is 0.451. The van der Waals surface area contributed by atoms with E-state index in [0.717, 1.165) is 38.2 Å². The van der Waals surface area contributed by atoms with Crippen LogP contribution in [-0.2, 0) is 6.18 Å². The van der Waals surface area contributed by atoms with Crippen molar-refractivity contribution in [2.45, 2.75) is 19.0 Å². The number of nitrogens with one attached hydrogen (secondary N) is 2. The van der Waals surface area contributed by atoms with Crippen LogP contribution in [0.5, 0.6) is 0 Å². The first-order chi connectivity index (χ1) is 8.97. The number of piperidine rings is 1. The van der Waals surface area contributed by atoms with Crippen LogP contribution < -0.4 is 10.6 Å². The van der Waals surface area contributed by atoms with E-state index in [-0.39, 0.29) is 10.8 Å². The van der Waals surface area contributed by atoms with Gasteiger partial charge in [-0.1, -0.05) is 11.6 Å². The second-order valence-corrected chi connectivity index (χ2v) is 4.99. The summed E-state index contributed by atoms with van der Waals surface area (Å²) in [6.07, 6.45) is -1.63. The quantitative estimate of drug-likeness (QED) is 0.841. The van der Waals surface area contributed by atoms with Gasteiger partial charge in [-0.3, -0.25) is 0 Å². The summed E-state index contributed by atoms with van der Waals surface area (Å²) >= 11 is 5.81. The molecule has 1 aliphatic heterocycles. The minimum absolute atomic E-state index is 0.0712. The van der Waals surface area contributed by atoms with Gasteiger partial charge < -0.3 is 10.6 Å². The van der Waals surface area contributed by atoms with Crippen molar-refractivity contribution in [3.8, 4) is 0 Å². The molecule has 0 radical (unpaired) electrons. The Bertz CT molecular complexity index is 431. The summed E-state index contributed by atoms with van der Waals surface area (Å²) < 4.78 is 37.7. The van der Waals surface area contributed by atoms with E-state index in [1.807, 2.05) is 0 Å².